The number of rotatable bonds is 6. The summed E-state index contributed by atoms with van der Waals surface area (Å²) in [6.07, 6.45) is 5.44. The average molecular weight is 344 g/mol. The lowest BCUT2D eigenvalue weighted by atomic mass is 9.94. The van der Waals surface area contributed by atoms with Crippen molar-refractivity contribution in [1.82, 2.24) is 15.1 Å². The quantitative estimate of drug-likeness (QED) is 0.863. The maximum Gasteiger partial charge on any atom is 0.227 e. The zero-order chi connectivity index (χ0) is 17.5. The van der Waals surface area contributed by atoms with Crippen LogP contribution in [0.1, 0.15) is 44.6 Å². The van der Waals surface area contributed by atoms with E-state index >= 15 is 0 Å². The van der Waals surface area contributed by atoms with E-state index in [0.29, 0.717) is 11.9 Å². The van der Waals surface area contributed by atoms with Crippen LogP contribution in [0.4, 0.5) is 0 Å². The van der Waals surface area contributed by atoms with E-state index in [1.165, 1.54) is 5.56 Å². The summed E-state index contributed by atoms with van der Waals surface area (Å²) in [7, 11) is 0. The zero-order valence-electron chi connectivity index (χ0n) is 15.6. The molecule has 3 rings (SSSR count). The van der Waals surface area contributed by atoms with Crippen molar-refractivity contribution in [2.24, 2.45) is 5.92 Å². The lowest BCUT2D eigenvalue weighted by molar-refractivity contribution is -0.140. The molecular weight excluding hydrogens is 310 g/mol. The first-order valence-corrected chi connectivity index (χ1v) is 10.1. The van der Waals surface area contributed by atoms with E-state index in [1.807, 2.05) is 0 Å². The molecule has 1 amide bonds. The van der Waals surface area contributed by atoms with Gasteiger partial charge in [0.25, 0.3) is 0 Å². The van der Waals surface area contributed by atoms with Gasteiger partial charge < -0.3 is 10.2 Å². The highest BCUT2D eigenvalue weighted by Crippen LogP contribution is 2.23. The van der Waals surface area contributed by atoms with Crippen molar-refractivity contribution in [2.45, 2.75) is 51.6 Å². The first-order chi connectivity index (χ1) is 12.3. The predicted octanol–water partition coefficient (Wildman–Crippen LogP) is 2.89. The molecule has 1 N–H and O–H groups in total. The first kappa shape index (κ1) is 18.4. The van der Waals surface area contributed by atoms with Crippen molar-refractivity contribution < 1.29 is 4.79 Å². The molecule has 2 aliphatic heterocycles. The zero-order valence-corrected chi connectivity index (χ0v) is 15.6. The lowest BCUT2D eigenvalue weighted by Crippen LogP contribution is -2.51. The Kier molecular flexibility index (Phi) is 6.88. The molecule has 2 fully saturated rings. The summed E-state index contributed by atoms with van der Waals surface area (Å²) in [5.74, 6) is 0.588. The van der Waals surface area contributed by atoms with Gasteiger partial charge in [-0.1, -0.05) is 37.3 Å². The average Bonchev–Trinajstić information content (AvgIpc) is 2.67. The number of carbonyl (C=O) groups is 1. The van der Waals surface area contributed by atoms with Gasteiger partial charge in [0.1, 0.15) is 0 Å². The van der Waals surface area contributed by atoms with Crippen LogP contribution in [0, 0.1) is 5.92 Å². The molecule has 0 spiro atoms. The molecule has 25 heavy (non-hydrogen) atoms. The first-order valence-electron chi connectivity index (χ1n) is 10.1. The van der Waals surface area contributed by atoms with Crippen LogP contribution in [0.15, 0.2) is 30.3 Å². The third kappa shape index (κ3) is 5.05. The van der Waals surface area contributed by atoms with E-state index in [0.717, 1.165) is 71.4 Å². The standard InChI is InChI=1S/C21H33N3O/c1-2-14-24(20-10-12-22-13-11-20)21(25)19-9-6-15-23(17-19)16-18-7-4-3-5-8-18/h3-5,7-8,19-20,22H,2,6,9-17H2,1H3. The fourth-order valence-electron chi connectivity index (χ4n) is 4.31. The molecule has 1 unspecified atom stereocenters. The molecule has 2 aliphatic rings. The molecule has 138 valence electrons. The number of amides is 1. The van der Waals surface area contributed by atoms with Crippen LogP contribution in [0.25, 0.3) is 0 Å². The normalized spacial score (nSPS) is 22.7. The van der Waals surface area contributed by atoms with Crippen molar-refractivity contribution in [1.29, 1.82) is 0 Å². The second-order valence-electron chi connectivity index (χ2n) is 7.57. The fourth-order valence-corrected chi connectivity index (χ4v) is 4.31. The SMILES string of the molecule is CCCN(C(=O)C1CCCN(Cc2ccccc2)C1)C1CCNCC1. The number of likely N-dealkylation sites (tertiary alicyclic amines) is 1. The Bertz CT molecular complexity index is 527. The lowest BCUT2D eigenvalue weighted by Gasteiger charge is -2.39. The monoisotopic (exact) mass is 343 g/mol. The maximum atomic E-state index is 13.3. The number of hydrogen-bond donors (Lipinski definition) is 1. The molecule has 0 saturated carbocycles. The number of benzene rings is 1. The van der Waals surface area contributed by atoms with E-state index < -0.39 is 0 Å². The van der Waals surface area contributed by atoms with Gasteiger partial charge in [0.2, 0.25) is 5.91 Å². The second-order valence-corrected chi connectivity index (χ2v) is 7.57. The van der Waals surface area contributed by atoms with Crippen LogP contribution in [-0.4, -0.2) is 54.5 Å². The third-order valence-electron chi connectivity index (χ3n) is 5.60. The van der Waals surface area contributed by atoms with Crippen LogP contribution in [0.3, 0.4) is 0 Å². The summed E-state index contributed by atoms with van der Waals surface area (Å²) in [6.45, 7) is 8.18. The van der Waals surface area contributed by atoms with Gasteiger partial charge in [0.05, 0.1) is 5.92 Å². The molecule has 4 heteroatoms. The number of piperidine rings is 2. The van der Waals surface area contributed by atoms with Crippen molar-refractivity contribution in [3.8, 4) is 0 Å². The highest BCUT2D eigenvalue weighted by atomic mass is 16.2. The number of carbonyl (C=O) groups excluding carboxylic acids is 1. The second kappa shape index (κ2) is 9.35. The molecule has 0 aliphatic carbocycles. The van der Waals surface area contributed by atoms with Crippen molar-refractivity contribution in [3.05, 3.63) is 35.9 Å². The van der Waals surface area contributed by atoms with E-state index in [9.17, 15) is 4.79 Å². The molecule has 1 aromatic rings. The highest BCUT2D eigenvalue weighted by molar-refractivity contribution is 5.79. The van der Waals surface area contributed by atoms with Crippen LogP contribution >= 0.6 is 0 Å². The number of nitrogens with zero attached hydrogens (tertiary/aromatic N) is 2. The minimum Gasteiger partial charge on any atom is -0.339 e. The Balaban J connectivity index is 1.61. The smallest absolute Gasteiger partial charge is 0.227 e. The highest BCUT2D eigenvalue weighted by Gasteiger charge is 2.32. The Hall–Kier alpha value is -1.39. The number of hydrogen-bond acceptors (Lipinski definition) is 3. The molecule has 2 saturated heterocycles. The summed E-state index contributed by atoms with van der Waals surface area (Å²) in [5, 5.41) is 3.42. The van der Waals surface area contributed by atoms with Crippen LogP contribution in [0.5, 0.6) is 0 Å². The van der Waals surface area contributed by atoms with E-state index in [-0.39, 0.29) is 5.92 Å². The molecule has 4 nitrogen and oxygen atoms in total. The largest absolute Gasteiger partial charge is 0.339 e. The van der Waals surface area contributed by atoms with Crippen molar-refractivity contribution >= 4 is 5.91 Å². The van der Waals surface area contributed by atoms with Crippen LogP contribution in [0.2, 0.25) is 0 Å². The van der Waals surface area contributed by atoms with Gasteiger partial charge in [-0.05, 0) is 57.3 Å². The summed E-state index contributed by atoms with van der Waals surface area (Å²) >= 11 is 0. The van der Waals surface area contributed by atoms with Gasteiger partial charge in [-0.2, -0.15) is 0 Å². The minimum absolute atomic E-state index is 0.180. The molecule has 0 bridgehead atoms. The Morgan fingerprint density at radius 2 is 1.96 bits per heavy atom. The summed E-state index contributed by atoms with van der Waals surface area (Å²) in [4.78, 5) is 18.0. The Labute approximate surface area is 152 Å². The Morgan fingerprint density at radius 1 is 1.20 bits per heavy atom. The fraction of sp³-hybridized carbons (Fsp3) is 0.667. The summed E-state index contributed by atoms with van der Waals surface area (Å²) in [5.41, 5.74) is 1.35. The van der Waals surface area contributed by atoms with Crippen LogP contribution < -0.4 is 5.32 Å². The molecule has 1 atom stereocenters. The number of nitrogens with one attached hydrogen (secondary N) is 1. The summed E-state index contributed by atoms with van der Waals surface area (Å²) in [6, 6.07) is 11.1. The molecule has 0 radical (unpaired) electrons. The van der Waals surface area contributed by atoms with Gasteiger partial charge >= 0.3 is 0 Å². The van der Waals surface area contributed by atoms with Gasteiger partial charge in [0.15, 0.2) is 0 Å². The van der Waals surface area contributed by atoms with Crippen molar-refractivity contribution in [2.75, 3.05) is 32.7 Å². The maximum absolute atomic E-state index is 13.3. The molecule has 1 aromatic carbocycles. The summed E-state index contributed by atoms with van der Waals surface area (Å²) < 4.78 is 0. The van der Waals surface area contributed by atoms with Gasteiger partial charge in [-0.25, -0.2) is 0 Å². The van der Waals surface area contributed by atoms with Gasteiger partial charge in [0, 0.05) is 25.7 Å². The third-order valence-corrected chi connectivity index (χ3v) is 5.60. The molecule has 0 aromatic heterocycles. The van der Waals surface area contributed by atoms with Crippen molar-refractivity contribution in [3.63, 3.8) is 0 Å². The van der Waals surface area contributed by atoms with Gasteiger partial charge in [-0.3, -0.25) is 9.69 Å². The van der Waals surface area contributed by atoms with E-state index in [2.05, 4.69) is 52.4 Å². The Morgan fingerprint density at radius 3 is 2.68 bits per heavy atom. The van der Waals surface area contributed by atoms with E-state index in [1.54, 1.807) is 0 Å². The topological polar surface area (TPSA) is 35.6 Å². The minimum atomic E-state index is 0.180. The molecule has 2 heterocycles. The molecular formula is C21H33N3O. The predicted molar refractivity (Wildman–Crippen MR) is 102 cm³/mol. The van der Waals surface area contributed by atoms with Gasteiger partial charge in [-0.15, -0.1) is 0 Å². The van der Waals surface area contributed by atoms with Crippen LogP contribution in [-0.2, 0) is 11.3 Å². The van der Waals surface area contributed by atoms with E-state index in [4.69, 9.17) is 0 Å².